The first kappa shape index (κ1) is 15.5. The van der Waals surface area contributed by atoms with E-state index in [-0.39, 0.29) is 5.91 Å². The van der Waals surface area contributed by atoms with Crippen molar-refractivity contribution >= 4 is 21.8 Å². The topological polar surface area (TPSA) is 41.1 Å². The highest BCUT2D eigenvalue weighted by atomic mass is 79.9. The summed E-state index contributed by atoms with van der Waals surface area (Å²) in [5, 5.41) is 6.44. The van der Waals surface area contributed by atoms with Gasteiger partial charge in [0, 0.05) is 17.4 Å². The number of piperidine rings is 1. The van der Waals surface area contributed by atoms with E-state index in [1.54, 1.807) is 0 Å². The van der Waals surface area contributed by atoms with Gasteiger partial charge in [0.1, 0.15) is 0 Å². The Kier molecular flexibility index (Phi) is 6.05. The summed E-state index contributed by atoms with van der Waals surface area (Å²) in [6.45, 7) is 4.96. The minimum Gasteiger partial charge on any atom is -0.352 e. The van der Waals surface area contributed by atoms with Crippen molar-refractivity contribution in [1.82, 2.24) is 10.6 Å². The smallest absolute Gasteiger partial charge is 0.220 e. The summed E-state index contributed by atoms with van der Waals surface area (Å²) in [6.07, 6.45) is 3.09. The zero-order valence-electron chi connectivity index (χ0n) is 12.0. The van der Waals surface area contributed by atoms with Gasteiger partial charge in [0.15, 0.2) is 0 Å². The van der Waals surface area contributed by atoms with Gasteiger partial charge < -0.3 is 10.6 Å². The molecule has 110 valence electrons. The monoisotopic (exact) mass is 338 g/mol. The lowest BCUT2D eigenvalue weighted by Gasteiger charge is -2.28. The number of carbonyl (C=O) groups excluding carboxylic acids is 1. The minimum absolute atomic E-state index is 0.152. The molecule has 0 aromatic heterocycles. The number of benzene rings is 1. The SMILES string of the molecule is CC(CC(=O)NCc1ccccc1Br)C1CCCNC1. The summed E-state index contributed by atoms with van der Waals surface area (Å²) >= 11 is 3.50. The molecule has 0 aliphatic carbocycles. The third kappa shape index (κ3) is 4.60. The minimum atomic E-state index is 0.152. The molecule has 1 fully saturated rings. The van der Waals surface area contributed by atoms with Gasteiger partial charge in [-0.15, -0.1) is 0 Å². The predicted molar refractivity (Wildman–Crippen MR) is 85.4 cm³/mol. The van der Waals surface area contributed by atoms with Crippen molar-refractivity contribution in [2.75, 3.05) is 13.1 Å². The van der Waals surface area contributed by atoms with Crippen molar-refractivity contribution in [3.8, 4) is 0 Å². The molecule has 1 aliphatic heterocycles. The lowest BCUT2D eigenvalue weighted by Crippen LogP contribution is -2.35. The summed E-state index contributed by atoms with van der Waals surface area (Å²) in [4.78, 5) is 12.0. The van der Waals surface area contributed by atoms with Crippen molar-refractivity contribution in [3.05, 3.63) is 34.3 Å². The molecule has 2 rings (SSSR count). The van der Waals surface area contributed by atoms with Gasteiger partial charge in [0.25, 0.3) is 0 Å². The van der Waals surface area contributed by atoms with Crippen LogP contribution in [0.2, 0.25) is 0 Å². The Morgan fingerprint density at radius 2 is 2.30 bits per heavy atom. The maximum absolute atomic E-state index is 12.0. The van der Waals surface area contributed by atoms with E-state index in [1.807, 2.05) is 24.3 Å². The fourth-order valence-electron chi connectivity index (χ4n) is 2.73. The van der Waals surface area contributed by atoms with Crippen LogP contribution in [-0.4, -0.2) is 19.0 Å². The van der Waals surface area contributed by atoms with Crippen LogP contribution in [0.5, 0.6) is 0 Å². The normalized spacial score (nSPS) is 20.4. The molecule has 20 heavy (non-hydrogen) atoms. The van der Waals surface area contributed by atoms with Crippen LogP contribution in [0.3, 0.4) is 0 Å². The molecule has 1 aromatic rings. The molecule has 0 bridgehead atoms. The van der Waals surface area contributed by atoms with E-state index in [9.17, 15) is 4.79 Å². The molecule has 1 amide bonds. The van der Waals surface area contributed by atoms with Crippen LogP contribution in [-0.2, 0) is 11.3 Å². The van der Waals surface area contributed by atoms with Gasteiger partial charge in [0.2, 0.25) is 5.91 Å². The summed E-state index contributed by atoms with van der Waals surface area (Å²) in [7, 11) is 0. The Morgan fingerprint density at radius 3 is 3.00 bits per heavy atom. The lowest BCUT2D eigenvalue weighted by atomic mass is 9.85. The van der Waals surface area contributed by atoms with Gasteiger partial charge >= 0.3 is 0 Å². The molecule has 1 saturated heterocycles. The van der Waals surface area contributed by atoms with Crippen LogP contribution in [0, 0.1) is 11.8 Å². The number of hydrogen-bond acceptors (Lipinski definition) is 2. The second-order valence-electron chi connectivity index (χ2n) is 5.66. The molecule has 2 unspecified atom stereocenters. The molecule has 2 N–H and O–H groups in total. The van der Waals surface area contributed by atoms with Crippen molar-refractivity contribution in [2.24, 2.45) is 11.8 Å². The van der Waals surface area contributed by atoms with Crippen molar-refractivity contribution < 1.29 is 4.79 Å². The van der Waals surface area contributed by atoms with Crippen LogP contribution in [0.4, 0.5) is 0 Å². The maximum atomic E-state index is 12.0. The molecule has 0 spiro atoms. The van der Waals surface area contributed by atoms with Crippen LogP contribution >= 0.6 is 15.9 Å². The summed E-state index contributed by atoms with van der Waals surface area (Å²) in [5.41, 5.74) is 1.12. The average Bonchev–Trinajstić information content (AvgIpc) is 2.47. The molecular weight excluding hydrogens is 316 g/mol. The van der Waals surface area contributed by atoms with E-state index in [0.717, 1.165) is 23.1 Å². The fourth-order valence-corrected chi connectivity index (χ4v) is 3.16. The van der Waals surface area contributed by atoms with Crippen LogP contribution in [0.25, 0.3) is 0 Å². The summed E-state index contributed by atoms with van der Waals surface area (Å²) in [6, 6.07) is 7.99. The van der Waals surface area contributed by atoms with E-state index < -0.39 is 0 Å². The van der Waals surface area contributed by atoms with Crippen LogP contribution < -0.4 is 10.6 Å². The molecule has 4 heteroatoms. The largest absolute Gasteiger partial charge is 0.352 e. The highest BCUT2D eigenvalue weighted by molar-refractivity contribution is 9.10. The van der Waals surface area contributed by atoms with Crippen molar-refractivity contribution in [3.63, 3.8) is 0 Å². The van der Waals surface area contributed by atoms with Crippen molar-refractivity contribution in [1.29, 1.82) is 0 Å². The quantitative estimate of drug-likeness (QED) is 0.866. The standard InChI is InChI=1S/C16H23BrN2O/c1-12(13-6-4-8-18-10-13)9-16(20)19-11-14-5-2-3-7-15(14)17/h2-3,5,7,12-13,18H,4,6,8-11H2,1H3,(H,19,20). The molecule has 0 saturated carbocycles. The Hall–Kier alpha value is -0.870. The second-order valence-corrected chi connectivity index (χ2v) is 6.51. The molecular formula is C16H23BrN2O. The van der Waals surface area contributed by atoms with Gasteiger partial charge in [-0.3, -0.25) is 4.79 Å². The molecule has 1 aromatic carbocycles. The van der Waals surface area contributed by atoms with E-state index in [4.69, 9.17) is 0 Å². The molecule has 3 nitrogen and oxygen atoms in total. The number of nitrogens with one attached hydrogen (secondary N) is 2. The number of carbonyl (C=O) groups is 1. The molecule has 1 aliphatic rings. The Labute approximate surface area is 129 Å². The Balaban J connectivity index is 1.76. The molecule has 0 radical (unpaired) electrons. The molecule has 2 atom stereocenters. The second kappa shape index (κ2) is 7.79. The summed E-state index contributed by atoms with van der Waals surface area (Å²) in [5.74, 6) is 1.24. The zero-order valence-corrected chi connectivity index (χ0v) is 13.6. The van der Waals surface area contributed by atoms with Crippen molar-refractivity contribution in [2.45, 2.75) is 32.7 Å². The van der Waals surface area contributed by atoms with Gasteiger partial charge in [-0.25, -0.2) is 0 Å². The van der Waals surface area contributed by atoms with Gasteiger partial charge in [0.05, 0.1) is 0 Å². The van der Waals surface area contributed by atoms with E-state index in [2.05, 4.69) is 33.5 Å². The lowest BCUT2D eigenvalue weighted by molar-refractivity contribution is -0.122. The van der Waals surface area contributed by atoms with Crippen LogP contribution in [0.15, 0.2) is 28.7 Å². The number of rotatable bonds is 5. The predicted octanol–water partition coefficient (Wildman–Crippen LogP) is 3.09. The number of halogens is 1. The third-order valence-corrected chi connectivity index (χ3v) is 4.85. The Bertz CT molecular complexity index is 444. The fraction of sp³-hybridized carbons (Fsp3) is 0.562. The first-order valence-corrected chi connectivity index (χ1v) is 8.17. The number of hydrogen-bond donors (Lipinski definition) is 2. The third-order valence-electron chi connectivity index (χ3n) is 4.08. The average molecular weight is 339 g/mol. The van der Waals surface area contributed by atoms with Gasteiger partial charge in [-0.05, 0) is 49.4 Å². The first-order valence-electron chi connectivity index (χ1n) is 7.37. The highest BCUT2D eigenvalue weighted by Gasteiger charge is 2.21. The molecule has 1 heterocycles. The van der Waals surface area contributed by atoms with Crippen LogP contribution in [0.1, 0.15) is 31.7 Å². The maximum Gasteiger partial charge on any atom is 0.220 e. The van der Waals surface area contributed by atoms with E-state index >= 15 is 0 Å². The number of amides is 1. The Morgan fingerprint density at radius 1 is 1.50 bits per heavy atom. The zero-order chi connectivity index (χ0) is 14.4. The highest BCUT2D eigenvalue weighted by Crippen LogP contribution is 2.22. The first-order chi connectivity index (χ1) is 9.66. The van der Waals surface area contributed by atoms with E-state index in [0.29, 0.717) is 24.8 Å². The summed E-state index contributed by atoms with van der Waals surface area (Å²) < 4.78 is 1.05. The van der Waals surface area contributed by atoms with Gasteiger partial charge in [-0.1, -0.05) is 41.1 Å². The van der Waals surface area contributed by atoms with Gasteiger partial charge in [-0.2, -0.15) is 0 Å². The van der Waals surface area contributed by atoms with E-state index in [1.165, 1.54) is 12.8 Å².